The summed E-state index contributed by atoms with van der Waals surface area (Å²) in [6.45, 7) is 10.5. The van der Waals surface area contributed by atoms with E-state index in [-0.39, 0.29) is 5.91 Å². The number of ether oxygens (including phenoxy) is 1. The molecule has 5 nitrogen and oxygen atoms in total. The second-order valence-corrected chi connectivity index (χ2v) is 6.58. The number of carbonyl (C=O) groups is 1. The third kappa shape index (κ3) is 7.10. The molecule has 0 bridgehead atoms. The Kier molecular flexibility index (Phi) is 8.92. The zero-order chi connectivity index (χ0) is 19.5. The lowest BCUT2D eigenvalue weighted by Gasteiger charge is -2.17. The van der Waals surface area contributed by atoms with Gasteiger partial charge in [-0.25, -0.2) is 0 Å². The average molecular weight is 373 g/mol. The standard InChI is InChI=1S/C22H32N2O3/c1-4-8-18-9-11-19(12-10-18)26-17-20-13-14-21(27-20)22(25)23-15-7-16-24(5-2)6-3/h9-14H,4-8,15-17H2,1-3H3,(H,23,25). The number of rotatable bonds is 12. The van der Waals surface area contributed by atoms with Crippen LogP contribution in [0.3, 0.4) is 0 Å². The fraction of sp³-hybridized carbons (Fsp3) is 0.500. The molecular weight excluding hydrogens is 340 g/mol. The van der Waals surface area contributed by atoms with E-state index in [4.69, 9.17) is 9.15 Å². The molecule has 0 unspecified atom stereocenters. The number of furan rings is 1. The van der Waals surface area contributed by atoms with Gasteiger partial charge < -0.3 is 19.4 Å². The highest BCUT2D eigenvalue weighted by atomic mass is 16.5. The minimum Gasteiger partial charge on any atom is -0.486 e. The second-order valence-electron chi connectivity index (χ2n) is 6.58. The minimum absolute atomic E-state index is 0.176. The van der Waals surface area contributed by atoms with E-state index in [0.717, 1.165) is 44.6 Å². The smallest absolute Gasteiger partial charge is 0.286 e. The highest BCUT2D eigenvalue weighted by Gasteiger charge is 2.11. The average Bonchev–Trinajstić information content (AvgIpc) is 3.17. The summed E-state index contributed by atoms with van der Waals surface area (Å²) < 4.78 is 11.3. The Morgan fingerprint density at radius 1 is 1.07 bits per heavy atom. The fourth-order valence-electron chi connectivity index (χ4n) is 2.90. The second kappa shape index (κ2) is 11.4. The molecule has 1 amide bonds. The largest absolute Gasteiger partial charge is 0.486 e. The summed E-state index contributed by atoms with van der Waals surface area (Å²) in [5.41, 5.74) is 1.31. The van der Waals surface area contributed by atoms with Crippen molar-refractivity contribution in [1.29, 1.82) is 0 Å². The summed E-state index contributed by atoms with van der Waals surface area (Å²) in [7, 11) is 0. The van der Waals surface area contributed by atoms with Crippen LogP contribution >= 0.6 is 0 Å². The first kappa shape index (κ1) is 21.0. The topological polar surface area (TPSA) is 54.7 Å². The van der Waals surface area contributed by atoms with Crippen molar-refractivity contribution in [3.05, 3.63) is 53.5 Å². The molecule has 0 atom stereocenters. The molecule has 1 aromatic heterocycles. The summed E-state index contributed by atoms with van der Waals surface area (Å²) in [6, 6.07) is 11.6. The van der Waals surface area contributed by atoms with Crippen molar-refractivity contribution >= 4 is 5.91 Å². The maximum Gasteiger partial charge on any atom is 0.286 e. The fourth-order valence-corrected chi connectivity index (χ4v) is 2.90. The molecule has 0 aliphatic heterocycles. The molecule has 0 radical (unpaired) electrons. The molecule has 1 aromatic carbocycles. The number of hydrogen-bond acceptors (Lipinski definition) is 4. The van der Waals surface area contributed by atoms with Gasteiger partial charge in [-0.3, -0.25) is 4.79 Å². The van der Waals surface area contributed by atoms with Gasteiger partial charge in [0.1, 0.15) is 18.1 Å². The lowest BCUT2D eigenvalue weighted by atomic mass is 10.1. The first-order valence-corrected chi connectivity index (χ1v) is 9.97. The SMILES string of the molecule is CCCc1ccc(OCc2ccc(C(=O)NCCCN(CC)CC)o2)cc1. The third-order valence-corrected chi connectivity index (χ3v) is 4.56. The van der Waals surface area contributed by atoms with Crippen LogP contribution in [-0.2, 0) is 13.0 Å². The van der Waals surface area contributed by atoms with Gasteiger partial charge in [-0.15, -0.1) is 0 Å². The van der Waals surface area contributed by atoms with Gasteiger partial charge in [-0.1, -0.05) is 39.3 Å². The quantitative estimate of drug-likeness (QED) is 0.565. The van der Waals surface area contributed by atoms with Crippen LogP contribution in [0.25, 0.3) is 0 Å². The van der Waals surface area contributed by atoms with Gasteiger partial charge in [0.25, 0.3) is 5.91 Å². The highest BCUT2D eigenvalue weighted by molar-refractivity contribution is 5.91. The summed E-state index contributed by atoms with van der Waals surface area (Å²) in [5.74, 6) is 1.59. The van der Waals surface area contributed by atoms with Gasteiger partial charge in [0.15, 0.2) is 5.76 Å². The Balaban J connectivity index is 1.74. The molecule has 2 rings (SSSR count). The van der Waals surface area contributed by atoms with E-state index in [0.29, 0.717) is 24.7 Å². The van der Waals surface area contributed by atoms with Gasteiger partial charge in [-0.05, 0) is 62.3 Å². The van der Waals surface area contributed by atoms with Crippen LogP contribution in [0.1, 0.15) is 55.5 Å². The normalized spacial score (nSPS) is 11.0. The van der Waals surface area contributed by atoms with Crippen molar-refractivity contribution in [3.63, 3.8) is 0 Å². The monoisotopic (exact) mass is 372 g/mol. The number of amides is 1. The summed E-state index contributed by atoms with van der Waals surface area (Å²) in [5, 5.41) is 2.91. The number of nitrogens with zero attached hydrogens (tertiary/aromatic N) is 1. The summed E-state index contributed by atoms with van der Waals surface area (Å²) in [6.07, 6.45) is 3.14. The van der Waals surface area contributed by atoms with Gasteiger partial charge >= 0.3 is 0 Å². The molecule has 27 heavy (non-hydrogen) atoms. The van der Waals surface area contributed by atoms with Crippen LogP contribution in [0, 0.1) is 0 Å². The predicted octanol–water partition coefficient (Wildman–Crippen LogP) is 4.27. The minimum atomic E-state index is -0.176. The third-order valence-electron chi connectivity index (χ3n) is 4.56. The van der Waals surface area contributed by atoms with Crippen LogP contribution < -0.4 is 10.1 Å². The summed E-state index contributed by atoms with van der Waals surface area (Å²) >= 11 is 0. The van der Waals surface area contributed by atoms with E-state index in [1.165, 1.54) is 5.56 Å². The van der Waals surface area contributed by atoms with Crippen LogP contribution in [-0.4, -0.2) is 37.0 Å². The molecule has 0 saturated carbocycles. The zero-order valence-corrected chi connectivity index (χ0v) is 16.8. The van der Waals surface area contributed by atoms with Gasteiger partial charge in [0.05, 0.1) is 0 Å². The number of hydrogen-bond donors (Lipinski definition) is 1. The number of benzene rings is 1. The van der Waals surface area contributed by atoms with Gasteiger partial charge in [0.2, 0.25) is 0 Å². The van der Waals surface area contributed by atoms with Crippen molar-refractivity contribution in [3.8, 4) is 5.75 Å². The van der Waals surface area contributed by atoms with E-state index < -0.39 is 0 Å². The Bertz CT molecular complexity index is 675. The van der Waals surface area contributed by atoms with Crippen molar-refractivity contribution < 1.29 is 13.9 Å². The molecule has 0 aliphatic rings. The highest BCUT2D eigenvalue weighted by Crippen LogP contribution is 2.16. The molecule has 2 aromatic rings. The molecule has 1 heterocycles. The lowest BCUT2D eigenvalue weighted by Crippen LogP contribution is -2.29. The Labute approximate surface area is 162 Å². The van der Waals surface area contributed by atoms with Crippen LogP contribution in [0.4, 0.5) is 0 Å². The van der Waals surface area contributed by atoms with E-state index in [1.807, 2.05) is 12.1 Å². The maximum absolute atomic E-state index is 12.2. The predicted molar refractivity (Wildman–Crippen MR) is 108 cm³/mol. The van der Waals surface area contributed by atoms with Crippen molar-refractivity contribution in [2.45, 2.75) is 46.6 Å². The Hall–Kier alpha value is -2.27. The molecule has 5 heteroatoms. The van der Waals surface area contributed by atoms with Crippen molar-refractivity contribution in [2.75, 3.05) is 26.2 Å². The molecule has 0 spiro atoms. The Morgan fingerprint density at radius 2 is 1.81 bits per heavy atom. The first-order valence-electron chi connectivity index (χ1n) is 9.97. The number of nitrogens with one attached hydrogen (secondary N) is 1. The van der Waals surface area contributed by atoms with Gasteiger partial charge in [-0.2, -0.15) is 0 Å². The van der Waals surface area contributed by atoms with Crippen LogP contribution in [0.2, 0.25) is 0 Å². The van der Waals surface area contributed by atoms with E-state index in [1.54, 1.807) is 12.1 Å². The molecule has 1 N–H and O–H groups in total. The maximum atomic E-state index is 12.2. The van der Waals surface area contributed by atoms with E-state index in [2.05, 4.69) is 43.1 Å². The summed E-state index contributed by atoms with van der Waals surface area (Å²) in [4.78, 5) is 14.5. The van der Waals surface area contributed by atoms with Gasteiger partial charge in [0, 0.05) is 6.54 Å². The zero-order valence-electron chi connectivity index (χ0n) is 16.8. The first-order chi connectivity index (χ1) is 13.2. The molecule has 0 saturated heterocycles. The number of carbonyl (C=O) groups excluding carboxylic acids is 1. The molecular formula is C22H32N2O3. The van der Waals surface area contributed by atoms with E-state index >= 15 is 0 Å². The van der Waals surface area contributed by atoms with Crippen LogP contribution in [0.5, 0.6) is 5.75 Å². The molecule has 0 aliphatic carbocycles. The lowest BCUT2D eigenvalue weighted by molar-refractivity contribution is 0.0920. The van der Waals surface area contributed by atoms with Crippen LogP contribution in [0.15, 0.2) is 40.8 Å². The Morgan fingerprint density at radius 3 is 2.48 bits per heavy atom. The van der Waals surface area contributed by atoms with Crippen molar-refractivity contribution in [1.82, 2.24) is 10.2 Å². The molecule has 148 valence electrons. The van der Waals surface area contributed by atoms with Crippen molar-refractivity contribution in [2.24, 2.45) is 0 Å². The molecule has 0 fully saturated rings. The van der Waals surface area contributed by atoms with E-state index in [9.17, 15) is 4.79 Å². The number of aryl methyl sites for hydroxylation is 1.